The van der Waals surface area contributed by atoms with Gasteiger partial charge in [-0.1, -0.05) is 36.4 Å². The predicted octanol–water partition coefficient (Wildman–Crippen LogP) is 2.69. The number of carbonyl (C=O) groups is 1. The molecule has 0 unspecified atom stereocenters. The van der Waals surface area contributed by atoms with Crippen molar-refractivity contribution in [1.29, 1.82) is 0 Å². The minimum absolute atomic E-state index is 0.415. The molecule has 0 N–H and O–H groups in total. The summed E-state index contributed by atoms with van der Waals surface area (Å²) in [5, 5.41) is 0. The summed E-state index contributed by atoms with van der Waals surface area (Å²) in [6, 6.07) is 7.84. The van der Waals surface area contributed by atoms with Crippen molar-refractivity contribution in [2.45, 2.75) is 6.92 Å². The molecule has 72 valence electrons. The first kappa shape index (κ1) is 10.3. The monoisotopic (exact) mass is 188 g/mol. The first-order chi connectivity index (χ1) is 6.72. The van der Waals surface area contributed by atoms with Gasteiger partial charge >= 0.3 is 5.97 Å². The smallest absolute Gasteiger partial charge is 0.335 e. The van der Waals surface area contributed by atoms with Crippen molar-refractivity contribution >= 4 is 12.0 Å². The van der Waals surface area contributed by atoms with E-state index in [2.05, 4.69) is 11.3 Å². The lowest BCUT2D eigenvalue weighted by Crippen LogP contribution is -1.92. The molecular weight excluding hydrogens is 176 g/mol. The van der Waals surface area contributed by atoms with Crippen LogP contribution in [0.4, 0.5) is 0 Å². The lowest BCUT2D eigenvalue weighted by atomic mass is 10.1. The van der Waals surface area contributed by atoms with Gasteiger partial charge in [0.15, 0.2) is 0 Å². The molecule has 0 radical (unpaired) electrons. The fourth-order valence-electron chi connectivity index (χ4n) is 1.06. The summed E-state index contributed by atoms with van der Waals surface area (Å²) in [5.41, 5.74) is 2.13. The van der Waals surface area contributed by atoms with Gasteiger partial charge in [0.25, 0.3) is 0 Å². The number of aryl methyl sites for hydroxylation is 1. The summed E-state index contributed by atoms with van der Waals surface area (Å²) < 4.78 is 4.53. The molecule has 14 heavy (non-hydrogen) atoms. The maximum absolute atomic E-state index is 10.9. The Hall–Kier alpha value is -1.83. The summed E-state index contributed by atoms with van der Waals surface area (Å²) in [7, 11) is 0. The average Bonchev–Trinajstić information content (AvgIpc) is 2.15. The van der Waals surface area contributed by atoms with Crippen molar-refractivity contribution in [1.82, 2.24) is 0 Å². The van der Waals surface area contributed by atoms with Crippen molar-refractivity contribution in [3.05, 3.63) is 54.3 Å². The Bertz CT molecular complexity index is 364. The van der Waals surface area contributed by atoms with E-state index in [4.69, 9.17) is 0 Å². The van der Waals surface area contributed by atoms with Crippen molar-refractivity contribution < 1.29 is 9.53 Å². The van der Waals surface area contributed by atoms with E-state index in [-0.39, 0.29) is 0 Å². The normalized spacial score (nSPS) is 10.1. The molecule has 0 bridgehead atoms. The van der Waals surface area contributed by atoms with Crippen molar-refractivity contribution in [2.24, 2.45) is 0 Å². The molecule has 0 aliphatic rings. The third kappa shape index (κ3) is 3.27. The van der Waals surface area contributed by atoms with E-state index >= 15 is 0 Å². The number of hydrogen-bond acceptors (Lipinski definition) is 2. The molecule has 2 nitrogen and oxygen atoms in total. The van der Waals surface area contributed by atoms with Crippen LogP contribution in [0.25, 0.3) is 6.08 Å². The van der Waals surface area contributed by atoms with Crippen LogP contribution < -0.4 is 0 Å². The number of hydrogen-bond donors (Lipinski definition) is 0. The van der Waals surface area contributed by atoms with Gasteiger partial charge in [-0.25, -0.2) is 4.79 Å². The molecule has 0 fully saturated rings. The molecule has 0 aliphatic carbocycles. The van der Waals surface area contributed by atoms with Crippen LogP contribution in [0, 0.1) is 6.92 Å². The zero-order valence-electron chi connectivity index (χ0n) is 8.07. The van der Waals surface area contributed by atoms with Crippen molar-refractivity contribution in [2.75, 3.05) is 0 Å². The van der Waals surface area contributed by atoms with E-state index in [0.717, 1.165) is 17.4 Å². The van der Waals surface area contributed by atoms with Crippen LogP contribution in [0.2, 0.25) is 0 Å². The van der Waals surface area contributed by atoms with Crippen LogP contribution in [0.3, 0.4) is 0 Å². The fourth-order valence-corrected chi connectivity index (χ4v) is 1.06. The summed E-state index contributed by atoms with van der Waals surface area (Å²) >= 11 is 0. The molecule has 0 amide bonds. The predicted molar refractivity (Wildman–Crippen MR) is 56.5 cm³/mol. The molecular formula is C12H12O2. The molecule has 0 heterocycles. The summed E-state index contributed by atoms with van der Waals surface area (Å²) in [6.45, 7) is 5.29. The molecule has 1 rings (SSSR count). The number of rotatable bonds is 3. The standard InChI is InChI=1S/C12H12O2/c1-3-14-12(13)8-7-11-6-4-5-10(2)9-11/h3-9H,1H2,2H3. The van der Waals surface area contributed by atoms with E-state index in [1.165, 1.54) is 6.08 Å². The van der Waals surface area contributed by atoms with E-state index in [1.807, 2.05) is 31.2 Å². The number of benzene rings is 1. The van der Waals surface area contributed by atoms with Gasteiger partial charge in [-0.2, -0.15) is 0 Å². The molecule has 0 saturated heterocycles. The first-order valence-electron chi connectivity index (χ1n) is 4.28. The minimum atomic E-state index is -0.415. The second kappa shape index (κ2) is 5.02. The Balaban J connectivity index is 2.68. The Morgan fingerprint density at radius 3 is 2.93 bits per heavy atom. The Morgan fingerprint density at radius 2 is 2.29 bits per heavy atom. The second-order valence-corrected chi connectivity index (χ2v) is 2.85. The fraction of sp³-hybridized carbons (Fsp3) is 0.0833. The van der Waals surface area contributed by atoms with Gasteiger partial charge in [0, 0.05) is 6.08 Å². The molecule has 1 aromatic carbocycles. The maximum Gasteiger partial charge on any atom is 0.335 e. The number of ether oxygens (including phenoxy) is 1. The molecule has 2 heteroatoms. The second-order valence-electron chi connectivity index (χ2n) is 2.85. The highest BCUT2D eigenvalue weighted by molar-refractivity contribution is 5.87. The van der Waals surface area contributed by atoms with E-state index in [9.17, 15) is 4.79 Å². The Morgan fingerprint density at radius 1 is 1.50 bits per heavy atom. The highest BCUT2D eigenvalue weighted by atomic mass is 16.5. The molecule has 0 spiro atoms. The topological polar surface area (TPSA) is 26.3 Å². The van der Waals surface area contributed by atoms with Gasteiger partial charge in [-0.05, 0) is 18.6 Å². The highest BCUT2D eigenvalue weighted by Gasteiger charge is 1.92. The van der Waals surface area contributed by atoms with Crippen LogP contribution in [0.5, 0.6) is 0 Å². The van der Waals surface area contributed by atoms with E-state index < -0.39 is 5.97 Å². The van der Waals surface area contributed by atoms with Crippen LogP contribution in [0.1, 0.15) is 11.1 Å². The zero-order chi connectivity index (χ0) is 10.4. The average molecular weight is 188 g/mol. The summed E-state index contributed by atoms with van der Waals surface area (Å²) in [5.74, 6) is -0.415. The largest absolute Gasteiger partial charge is 0.432 e. The zero-order valence-corrected chi connectivity index (χ0v) is 8.07. The molecule has 1 aromatic rings. The SMILES string of the molecule is C=COC(=O)C=Cc1cccc(C)c1. The maximum atomic E-state index is 10.9. The van der Waals surface area contributed by atoms with Crippen LogP contribution in [0.15, 0.2) is 43.2 Å². The van der Waals surface area contributed by atoms with Gasteiger partial charge in [-0.3, -0.25) is 0 Å². The number of esters is 1. The Labute approximate surface area is 83.5 Å². The van der Waals surface area contributed by atoms with Gasteiger partial charge in [0.05, 0.1) is 6.26 Å². The lowest BCUT2D eigenvalue weighted by Gasteiger charge is -1.95. The summed E-state index contributed by atoms with van der Waals surface area (Å²) in [6.07, 6.45) is 4.19. The first-order valence-corrected chi connectivity index (χ1v) is 4.28. The van der Waals surface area contributed by atoms with Gasteiger partial charge in [0.2, 0.25) is 0 Å². The molecule has 0 aliphatic heterocycles. The van der Waals surface area contributed by atoms with Gasteiger partial charge < -0.3 is 4.74 Å². The lowest BCUT2D eigenvalue weighted by molar-refractivity contribution is -0.132. The third-order valence-corrected chi connectivity index (χ3v) is 1.65. The van der Waals surface area contributed by atoms with E-state index in [0.29, 0.717) is 0 Å². The van der Waals surface area contributed by atoms with Crippen molar-refractivity contribution in [3.63, 3.8) is 0 Å². The van der Waals surface area contributed by atoms with Crippen LogP contribution in [-0.2, 0) is 9.53 Å². The summed E-state index contributed by atoms with van der Waals surface area (Å²) in [4.78, 5) is 10.9. The van der Waals surface area contributed by atoms with Gasteiger partial charge in [0.1, 0.15) is 0 Å². The van der Waals surface area contributed by atoms with Crippen LogP contribution >= 0.6 is 0 Å². The highest BCUT2D eigenvalue weighted by Crippen LogP contribution is 2.05. The van der Waals surface area contributed by atoms with E-state index in [1.54, 1.807) is 6.08 Å². The van der Waals surface area contributed by atoms with Crippen LogP contribution in [-0.4, -0.2) is 5.97 Å². The van der Waals surface area contributed by atoms with Gasteiger partial charge in [-0.15, -0.1) is 0 Å². The Kier molecular flexibility index (Phi) is 3.68. The molecule has 0 atom stereocenters. The minimum Gasteiger partial charge on any atom is -0.432 e. The quantitative estimate of drug-likeness (QED) is 0.414. The molecule has 0 aromatic heterocycles. The number of carbonyl (C=O) groups excluding carboxylic acids is 1. The molecule has 0 saturated carbocycles. The van der Waals surface area contributed by atoms with Crippen molar-refractivity contribution in [3.8, 4) is 0 Å². The third-order valence-electron chi connectivity index (χ3n) is 1.65.